The highest BCUT2D eigenvalue weighted by atomic mass is 16.6. The molecule has 0 bridgehead atoms. The second kappa shape index (κ2) is 5.79. The molecule has 1 aromatic heterocycles. The van der Waals surface area contributed by atoms with E-state index >= 15 is 0 Å². The van der Waals surface area contributed by atoms with E-state index in [9.17, 15) is 14.9 Å². The van der Waals surface area contributed by atoms with Gasteiger partial charge in [0.15, 0.2) is 0 Å². The molecule has 19 heavy (non-hydrogen) atoms. The zero-order chi connectivity index (χ0) is 13.8. The lowest BCUT2D eigenvalue weighted by atomic mass is 9.91. The van der Waals surface area contributed by atoms with Crippen molar-refractivity contribution < 1.29 is 14.8 Å². The summed E-state index contributed by atoms with van der Waals surface area (Å²) >= 11 is 0. The molecule has 2 rings (SSSR count). The van der Waals surface area contributed by atoms with E-state index in [0.717, 1.165) is 25.5 Å². The van der Waals surface area contributed by atoms with Crippen LogP contribution in [-0.4, -0.2) is 49.8 Å². The molecule has 1 saturated carbocycles. The van der Waals surface area contributed by atoms with Gasteiger partial charge in [-0.3, -0.25) is 19.6 Å². The molecular weight excluding hydrogens is 252 g/mol. The Morgan fingerprint density at radius 2 is 2.37 bits per heavy atom. The van der Waals surface area contributed by atoms with E-state index in [1.807, 2.05) is 0 Å². The third-order valence-electron chi connectivity index (χ3n) is 3.30. The minimum absolute atomic E-state index is 0.0374. The lowest BCUT2D eigenvalue weighted by molar-refractivity contribution is -0.385. The van der Waals surface area contributed by atoms with Crippen molar-refractivity contribution in [3.63, 3.8) is 0 Å². The van der Waals surface area contributed by atoms with Crippen molar-refractivity contribution in [1.29, 1.82) is 0 Å². The Hall–Kier alpha value is -1.96. The maximum Gasteiger partial charge on any atom is 0.307 e. The Morgan fingerprint density at radius 1 is 1.63 bits per heavy atom. The largest absolute Gasteiger partial charge is 0.395 e. The van der Waals surface area contributed by atoms with Gasteiger partial charge in [0.05, 0.1) is 11.5 Å². The summed E-state index contributed by atoms with van der Waals surface area (Å²) in [7, 11) is 0. The number of hydrogen-bond acceptors (Lipinski definition) is 5. The molecule has 8 nitrogen and oxygen atoms in total. The maximum absolute atomic E-state index is 12.1. The first-order valence-corrected chi connectivity index (χ1v) is 6.19. The number of nitrogens with zero attached hydrogens (tertiary/aromatic N) is 4. The molecule has 1 fully saturated rings. The Labute approximate surface area is 109 Å². The minimum Gasteiger partial charge on any atom is -0.395 e. The van der Waals surface area contributed by atoms with Crippen LogP contribution < -0.4 is 0 Å². The molecule has 1 N–H and O–H groups in total. The van der Waals surface area contributed by atoms with Crippen molar-refractivity contribution in [2.24, 2.45) is 0 Å². The van der Waals surface area contributed by atoms with E-state index in [1.165, 1.54) is 10.9 Å². The summed E-state index contributed by atoms with van der Waals surface area (Å²) in [6.07, 6.45) is 5.34. The van der Waals surface area contributed by atoms with Crippen LogP contribution in [0.5, 0.6) is 0 Å². The van der Waals surface area contributed by atoms with Crippen LogP contribution in [0.1, 0.15) is 19.3 Å². The Bertz CT molecular complexity index is 469. The van der Waals surface area contributed by atoms with Crippen LogP contribution in [0.4, 0.5) is 5.69 Å². The molecule has 1 aliphatic carbocycles. The molecule has 0 spiro atoms. The zero-order valence-electron chi connectivity index (χ0n) is 10.4. The summed E-state index contributed by atoms with van der Waals surface area (Å²) < 4.78 is 1.25. The summed E-state index contributed by atoms with van der Waals surface area (Å²) in [6, 6.07) is 0.185. The van der Waals surface area contributed by atoms with Gasteiger partial charge in [0.25, 0.3) is 0 Å². The maximum atomic E-state index is 12.1. The molecule has 0 aliphatic heterocycles. The Morgan fingerprint density at radius 3 is 2.84 bits per heavy atom. The number of aliphatic hydroxyl groups excluding tert-OH is 1. The zero-order valence-corrected chi connectivity index (χ0v) is 10.4. The van der Waals surface area contributed by atoms with Crippen molar-refractivity contribution in [3.05, 3.63) is 22.5 Å². The molecule has 8 heteroatoms. The second-order valence-corrected chi connectivity index (χ2v) is 4.55. The van der Waals surface area contributed by atoms with Gasteiger partial charge >= 0.3 is 5.69 Å². The monoisotopic (exact) mass is 268 g/mol. The molecule has 1 aliphatic rings. The fourth-order valence-electron chi connectivity index (χ4n) is 2.08. The van der Waals surface area contributed by atoms with Crippen molar-refractivity contribution in [2.75, 3.05) is 13.2 Å². The van der Waals surface area contributed by atoms with Gasteiger partial charge in [0, 0.05) is 12.6 Å². The summed E-state index contributed by atoms with van der Waals surface area (Å²) in [4.78, 5) is 23.7. The van der Waals surface area contributed by atoms with Crippen LogP contribution in [0.2, 0.25) is 0 Å². The minimum atomic E-state index is -0.550. The SMILES string of the molecule is O=C(Cn1cc([N+](=O)[O-])cn1)N(CCO)C1CCC1. The van der Waals surface area contributed by atoms with E-state index in [0.29, 0.717) is 6.54 Å². The van der Waals surface area contributed by atoms with Crippen molar-refractivity contribution >= 4 is 11.6 Å². The first-order valence-electron chi connectivity index (χ1n) is 6.19. The van der Waals surface area contributed by atoms with Gasteiger partial charge in [0.2, 0.25) is 5.91 Å². The van der Waals surface area contributed by atoms with Crippen LogP contribution in [0.25, 0.3) is 0 Å². The van der Waals surface area contributed by atoms with Gasteiger partial charge in [0.1, 0.15) is 18.9 Å². The first-order chi connectivity index (χ1) is 9.11. The lowest BCUT2D eigenvalue weighted by Crippen LogP contribution is -2.47. The molecule has 0 saturated heterocycles. The van der Waals surface area contributed by atoms with E-state index in [4.69, 9.17) is 5.11 Å². The average molecular weight is 268 g/mol. The topological polar surface area (TPSA) is 102 Å². The summed E-state index contributed by atoms with van der Waals surface area (Å²) in [5.74, 6) is -0.170. The average Bonchev–Trinajstić information content (AvgIpc) is 2.74. The summed E-state index contributed by atoms with van der Waals surface area (Å²) in [6.45, 7) is 0.179. The number of carbonyl (C=O) groups is 1. The highest BCUT2D eigenvalue weighted by molar-refractivity contribution is 5.76. The van der Waals surface area contributed by atoms with Gasteiger partial charge in [-0.2, -0.15) is 5.10 Å². The molecular formula is C11H16N4O4. The van der Waals surface area contributed by atoms with E-state index < -0.39 is 4.92 Å². The molecule has 0 radical (unpaired) electrons. The van der Waals surface area contributed by atoms with Crippen LogP contribution >= 0.6 is 0 Å². The summed E-state index contributed by atoms with van der Waals surface area (Å²) in [5.41, 5.74) is -0.134. The van der Waals surface area contributed by atoms with Crippen LogP contribution in [0.3, 0.4) is 0 Å². The number of carbonyl (C=O) groups excluding carboxylic acids is 1. The third kappa shape index (κ3) is 3.08. The van der Waals surface area contributed by atoms with Crippen molar-refractivity contribution in [1.82, 2.24) is 14.7 Å². The number of amides is 1. The fraction of sp³-hybridized carbons (Fsp3) is 0.636. The van der Waals surface area contributed by atoms with Gasteiger partial charge in [-0.05, 0) is 19.3 Å². The molecule has 1 heterocycles. The standard InChI is InChI=1S/C11H16N4O4/c16-5-4-14(9-2-1-3-9)11(17)8-13-7-10(6-12-13)15(18)19/h6-7,9,16H,1-5,8H2. The normalized spacial score (nSPS) is 15.0. The smallest absolute Gasteiger partial charge is 0.307 e. The van der Waals surface area contributed by atoms with Gasteiger partial charge in [-0.25, -0.2) is 0 Å². The number of rotatable bonds is 6. The van der Waals surface area contributed by atoms with Crippen molar-refractivity contribution in [2.45, 2.75) is 31.8 Å². The van der Waals surface area contributed by atoms with E-state index in [2.05, 4.69) is 5.10 Å². The number of nitro groups is 1. The van der Waals surface area contributed by atoms with E-state index in [-0.39, 0.29) is 30.8 Å². The van der Waals surface area contributed by atoms with Gasteiger partial charge in [-0.15, -0.1) is 0 Å². The number of hydrogen-bond donors (Lipinski definition) is 1. The van der Waals surface area contributed by atoms with Gasteiger partial charge in [-0.1, -0.05) is 0 Å². The fourth-order valence-corrected chi connectivity index (χ4v) is 2.08. The van der Waals surface area contributed by atoms with Crippen LogP contribution in [0, 0.1) is 10.1 Å². The Balaban J connectivity index is 1.98. The molecule has 1 aromatic rings. The number of aromatic nitrogens is 2. The van der Waals surface area contributed by atoms with Crippen LogP contribution in [-0.2, 0) is 11.3 Å². The van der Waals surface area contributed by atoms with Gasteiger partial charge < -0.3 is 10.0 Å². The lowest BCUT2D eigenvalue weighted by Gasteiger charge is -2.37. The quantitative estimate of drug-likeness (QED) is 0.585. The highest BCUT2D eigenvalue weighted by Crippen LogP contribution is 2.24. The first kappa shape index (κ1) is 13.5. The predicted molar refractivity (Wildman–Crippen MR) is 65.3 cm³/mol. The van der Waals surface area contributed by atoms with Crippen LogP contribution in [0.15, 0.2) is 12.4 Å². The predicted octanol–water partition coefficient (Wildman–Crippen LogP) is 0.165. The second-order valence-electron chi connectivity index (χ2n) is 4.55. The third-order valence-corrected chi connectivity index (χ3v) is 3.30. The molecule has 104 valence electrons. The van der Waals surface area contributed by atoms with E-state index in [1.54, 1.807) is 4.90 Å². The summed E-state index contributed by atoms with van der Waals surface area (Å²) in [5, 5.41) is 23.3. The Kier molecular flexibility index (Phi) is 4.10. The molecule has 0 unspecified atom stereocenters. The number of aliphatic hydroxyl groups is 1. The molecule has 0 aromatic carbocycles. The highest BCUT2D eigenvalue weighted by Gasteiger charge is 2.28. The van der Waals surface area contributed by atoms with Crippen molar-refractivity contribution in [3.8, 4) is 0 Å². The molecule has 1 amide bonds. The molecule has 0 atom stereocenters.